The number of unbranched alkanes of at least 4 members (excludes halogenated alkanes) is 19. The number of hydrogen-bond donors (Lipinski definition) is 6. The molecule has 0 radical (unpaired) electrons. The lowest BCUT2D eigenvalue weighted by atomic mass is 9.99. The number of ether oxygens (including phenoxy) is 2. The Balaban J connectivity index is 2.25. The molecule has 1 rings (SSSR count). The minimum Gasteiger partial charge on any atom is -0.394 e. The number of aliphatic hydroxyl groups excluding tert-OH is 5. The zero-order valence-corrected chi connectivity index (χ0v) is 41.7. The number of rotatable bonds is 43. The molecule has 0 spiro atoms. The summed E-state index contributed by atoms with van der Waals surface area (Å²) in [5.41, 5.74) is 0. The second-order valence-electron chi connectivity index (χ2n) is 17.9. The highest BCUT2D eigenvalue weighted by Gasteiger charge is 2.44. The van der Waals surface area contributed by atoms with E-state index in [9.17, 15) is 30.3 Å². The Morgan fingerprint density at radius 3 is 1.45 bits per heavy atom. The number of hydrogen-bond acceptors (Lipinski definition) is 8. The summed E-state index contributed by atoms with van der Waals surface area (Å²) in [6, 6.07) is -0.829. The number of amides is 1. The molecule has 1 aliphatic rings. The van der Waals surface area contributed by atoms with Gasteiger partial charge in [0.1, 0.15) is 24.4 Å². The number of allylic oxidation sites excluding steroid dienone is 15. The van der Waals surface area contributed by atoms with Crippen LogP contribution >= 0.6 is 0 Å². The topological polar surface area (TPSA) is 149 Å². The van der Waals surface area contributed by atoms with Gasteiger partial charge in [0.2, 0.25) is 5.91 Å². The number of aliphatic hydroxyl groups is 5. The van der Waals surface area contributed by atoms with Crippen LogP contribution in [0.1, 0.15) is 200 Å². The fourth-order valence-corrected chi connectivity index (χ4v) is 7.70. The average molecular weight is 924 g/mol. The van der Waals surface area contributed by atoms with Gasteiger partial charge in [-0.3, -0.25) is 4.79 Å². The maximum absolute atomic E-state index is 13.0. The molecule has 1 saturated heterocycles. The fraction of sp³-hybridized carbons (Fsp3) is 0.702. The number of carbonyl (C=O) groups is 1. The average Bonchev–Trinajstić information content (AvgIpc) is 3.32. The smallest absolute Gasteiger partial charge is 0.220 e. The molecule has 9 heteroatoms. The van der Waals surface area contributed by atoms with Crippen LogP contribution in [0.3, 0.4) is 0 Å². The van der Waals surface area contributed by atoms with Crippen molar-refractivity contribution in [3.63, 3.8) is 0 Å². The fourth-order valence-electron chi connectivity index (χ4n) is 7.70. The second kappa shape index (κ2) is 45.9. The van der Waals surface area contributed by atoms with Gasteiger partial charge in [-0.1, -0.05) is 207 Å². The Morgan fingerprint density at radius 2 is 0.955 bits per heavy atom. The van der Waals surface area contributed by atoms with E-state index in [4.69, 9.17) is 9.47 Å². The lowest BCUT2D eigenvalue weighted by Gasteiger charge is -2.40. The molecule has 0 aliphatic carbocycles. The van der Waals surface area contributed by atoms with Crippen LogP contribution in [0.5, 0.6) is 0 Å². The van der Waals surface area contributed by atoms with E-state index in [1.165, 1.54) is 89.9 Å². The molecule has 0 saturated carbocycles. The Labute approximate surface area is 403 Å². The monoisotopic (exact) mass is 924 g/mol. The molecule has 1 aliphatic heterocycles. The van der Waals surface area contributed by atoms with Gasteiger partial charge >= 0.3 is 0 Å². The molecule has 378 valence electrons. The molecule has 1 amide bonds. The van der Waals surface area contributed by atoms with Gasteiger partial charge in [0.15, 0.2) is 6.29 Å². The maximum atomic E-state index is 13.0. The van der Waals surface area contributed by atoms with Crippen LogP contribution in [0.4, 0.5) is 0 Å². The Bertz CT molecular complexity index is 1350. The van der Waals surface area contributed by atoms with Gasteiger partial charge in [0, 0.05) is 6.42 Å². The van der Waals surface area contributed by atoms with E-state index in [-0.39, 0.29) is 12.5 Å². The molecule has 0 aromatic heterocycles. The number of nitrogens with one attached hydrogen (secondary N) is 1. The lowest BCUT2D eigenvalue weighted by molar-refractivity contribution is -0.302. The van der Waals surface area contributed by atoms with Crippen molar-refractivity contribution in [2.75, 3.05) is 13.2 Å². The molecule has 0 aromatic carbocycles. The summed E-state index contributed by atoms with van der Waals surface area (Å²) in [7, 11) is 0. The van der Waals surface area contributed by atoms with Crippen LogP contribution in [0.2, 0.25) is 0 Å². The summed E-state index contributed by atoms with van der Waals surface area (Å²) in [6.07, 6.45) is 58.9. The first-order valence-corrected chi connectivity index (χ1v) is 26.5. The molecular formula is C57H97NO8. The van der Waals surface area contributed by atoms with Crippen LogP contribution < -0.4 is 5.32 Å². The molecular weight excluding hydrogens is 827 g/mol. The molecule has 7 atom stereocenters. The largest absolute Gasteiger partial charge is 0.394 e. The van der Waals surface area contributed by atoms with Crippen LogP contribution in [0, 0.1) is 0 Å². The van der Waals surface area contributed by atoms with E-state index in [1.54, 1.807) is 6.08 Å². The first-order valence-electron chi connectivity index (χ1n) is 26.5. The van der Waals surface area contributed by atoms with Crippen molar-refractivity contribution in [3.8, 4) is 0 Å². The SMILES string of the molecule is CC/C=C\C/C=C\C/C=C\C/C=C\C/C=C\C/C=C\CCCCCCCCCCCCC(=O)NC(COC1OC(CO)C(O)C(O)C1O)C(O)/C=C/CC/C=C/CCCCCCCCCC. The van der Waals surface area contributed by atoms with Crippen molar-refractivity contribution >= 4 is 5.91 Å². The Morgan fingerprint density at radius 1 is 0.530 bits per heavy atom. The third-order valence-corrected chi connectivity index (χ3v) is 11.9. The van der Waals surface area contributed by atoms with E-state index in [2.05, 4.69) is 104 Å². The van der Waals surface area contributed by atoms with Crippen molar-refractivity contribution in [1.82, 2.24) is 5.32 Å². The van der Waals surface area contributed by atoms with E-state index in [0.29, 0.717) is 6.42 Å². The maximum Gasteiger partial charge on any atom is 0.220 e. The van der Waals surface area contributed by atoms with E-state index >= 15 is 0 Å². The van der Waals surface area contributed by atoms with Crippen LogP contribution in [-0.2, 0) is 14.3 Å². The van der Waals surface area contributed by atoms with E-state index in [0.717, 1.165) is 89.9 Å². The molecule has 66 heavy (non-hydrogen) atoms. The van der Waals surface area contributed by atoms with E-state index < -0.39 is 49.5 Å². The zero-order chi connectivity index (χ0) is 48.0. The van der Waals surface area contributed by atoms with Crippen molar-refractivity contribution < 1.29 is 39.8 Å². The van der Waals surface area contributed by atoms with Crippen LogP contribution in [0.15, 0.2) is 97.2 Å². The van der Waals surface area contributed by atoms with Crippen LogP contribution in [-0.4, -0.2) is 87.5 Å². The highest BCUT2D eigenvalue weighted by Crippen LogP contribution is 2.22. The van der Waals surface area contributed by atoms with Crippen molar-refractivity contribution in [2.45, 2.75) is 243 Å². The molecule has 1 heterocycles. The predicted molar refractivity (Wildman–Crippen MR) is 276 cm³/mol. The highest BCUT2D eigenvalue weighted by atomic mass is 16.7. The van der Waals surface area contributed by atoms with Crippen molar-refractivity contribution in [1.29, 1.82) is 0 Å². The summed E-state index contributed by atoms with van der Waals surface area (Å²) in [5, 5.41) is 54.3. The first kappa shape index (κ1) is 61.1. The minimum absolute atomic E-state index is 0.197. The number of carbonyl (C=O) groups excluding carboxylic acids is 1. The predicted octanol–water partition coefficient (Wildman–Crippen LogP) is 12.5. The second-order valence-corrected chi connectivity index (χ2v) is 17.9. The van der Waals surface area contributed by atoms with Gasteiger partial charge in [0.25, 0.3) is 0 Å². The summed E-state index contributed by atoms with van der Waals surface area (Å²) in [6.45, 7) is 3.62. The third-order valence-electron chi connectivity index (χ3n) is 11.9. The van der Waals surface area contributed by atoms with Gasteiger partial charge in [-0.25, -0.2) is 0 Å². The highest BCUT2D eigenvalue weighted by molar-refractivity contribution is 5.76. The van der Waals surface area contributed by atoms with Crippen molar-refractivity contribution in [3.05, 3.63) is 97.2 Å². The third kappa shape index (κ3) is 35.3. The van der Waals surface area contributed by atoms with E-state index in [1.807, 2.05) is 6.08 Å². The Hall–Kier alpha value is -2.89. The van der Waals surface area contributed by atoms with Gasteiger partial charge in [-0.05, 0) is 83.5 Å². The Kier molecular flexibility index (Phi) is 42.5. The van der Waals surface area contributed by atoms with Gasteiger partial charge in [-0.15, -0.1) is 0 Å². The molecule has 7 unspecified atom stereocenters. The minimum atomic E-state index is -1.58. The van der Waals surface area contributed by atoms with Gasteiger partial charge < -0.3 is 40.3 Å². The standard InChI is InChI=1S/C57H97NO8/c1-3-5-7-9-11-13-15-17-19-20-21-22-23-24-25-26-27-28-29-30-31-32-33-35-37-39-41-43-45-47-53(61)58-50(49-65-57-56(64)55(63)54(62)52(48-59)66-57)51(60)46-44-42-40-38-36-34-18-16-14-12-10-8-6-4-2/h5,7,11,13,17,19,21-22,24-25,27-28,36,38,44,46,50-52,54-57,59-60,62-64H,3-4,6,8-10,12,14-16,18,20,23,26,29-35,37,39-43,45,47-49H2,1-2H3,(H,58,61)/b7-5-,13-11-,19-17-,22-21-,25-24-,28-27-,38-36+,46-44+. The molecule has 1 fully saturated rings. The first-order chi connectivity index (χ1) is 32.3. The molecule has 0 aromatic rings. The summed E-state index contributed by atoms with van der Waals surface area (Å²) < 4.78 is 11.2. The summed E-state index contributed by atoms with van der Waals surface area (Å²) in [5.74, 6) is -0.197. The lowest BCUT2D eigenvalue weighted by Crippen LogP contribution is -2.60. The van der Waals surface area contributed by atoms with Crippen LogP contribution in [0.25, 0.3) is 0 Å². The van der Waals surface area contributed by atoms with Crippen molar-refractivity contribution in [2.24, 2.45) is 0 Å². The normalized spacial score (nSPS) is 20.6. The summed E-state index contributed by atoms with van der Waals surface area (Å²) >= 11 is 0. The van der Waals surface area contributed by atoms with Gasteiger partial charge in [0.05, 0.1) is 25.4 Å². The molecule has 0 bridgehead atoms. The molecule has 6 N–H and O–H groups in total. The van der Waals surface area contributed by atoms with Gasteiger partial charge in [-0.2, -0.15) is 0 Å². The molecule has 9 nitrogen and oxygen atoms in total. The summed E-state index contributed by atoms with van der Waals surface area (Å²) in [4.78, 5) is 13.0. The zero-order valence-electron chi connectivity index (χ0n) is 41.7. The quantitative estimate of drug-likeness (QED) is 0.0262.